The molecular formula is C13H20N2OS. The van der Waals surface area contributed by atoms with Gasteiger partial charge < -0.3 is 10.5 Å². The van der Waals surface area contributed by atoms with Crippen molar-refractivity contribution >= 4 is 11.3 Å². The number of hydrogen-bond donors (Lipinski definition) is 1. The lowest BCUT2D eigenvalue weighted by atomic mass is 9.95. The standard InChI is InChI=1S/C13H20N2OS/c14-12(9-4-3-7-16-8-9)13-15-10-5-1-2-6-11(10)17-13/h9,12H,1-8,14H2. The van der Waals surface area contributed by atoms with Crippen molar-refractivity contribution in [1.82, 2.24) is 4.98 Å². The quantitative estimate of drug-likeness (QED) is 0.879. The van der Waals surface area contributed by atoms with E-state index in [1.165, 1.54) is 36.3 Å². The Hall–Kier alpha value is -0.450. The van der Waals surface area contributed by atoms with Crippen molar-refractivity contribution in [2.75, 3.05) is 13.2 Å². The molecule has 1 aliphatic carbocycles. The van der Waals surface area contributed by atoms with Crippen molar-refractivity contribution < 1.29 is 4.74 Å². The molecule has 0 amide bonds. The van der Waals surface area contributed by atoms with E-state index in [0.29, 0.717) is 5.92 Å². The molecule has 0 saturated carbocycles. The summed E-state index contributed by atoms with van der Waals surface area (Å²) in [4.78, 5) is 6.25. The lowest BCUT2D eigenvalue weighted by Gasteiger charge is -2.26. The van der Waals surface area contributed by atoms with E-state index in [0.717, 1.165) is 31.1 Å². The van der Waals surface area contributed by atoms with Gasteiger partial charge in [0.15, 0.2) is 0 Å². The van der Waals surface area contributed by atoms with E-state index in [4.69, 9.17) is 15.5 Å². The SMILES string of the molecule is NC(c1nc2c(s1)CCCC2)C1CCCOC1. The lowest BCUT2D eigenvalue weighted by Crippen LogP contribution is -2.28. The molecule has 3 nitrogen and oxygen atoms in total. The third-order valence-corrected chi connectivity index (χ3v) is 5.11. The van der Waals surface area contributed by atoms with Gasteiger partial charge in [0.2, 0.25) is 0 Å². The van der Waals surface area contributed by atoms with Crippen LogP contribution >= 0.6 is 11.3 Å². The van der Waals surface area contributed by atoms with Gasteiger partial charge in [-0.2, -0.15) is 0 Å². The molecule has 2 unspecified atom stereocenters. The van der Waals surface area contributed by atoms with Gasteiger partial charge in [0.25, 0.3) is 0 Å². The second kappa shape index (κ2) is 5.04. The van der Waals surface area contributed by atoms with Crippen LogP contribution in [0.15, 0.2) is 0 Å². The number of rotatable bonds is 2. The first-order valence-corrected chi connectivity index (χ1v) is 7.48. The van der Waals surface area contributed by atoms with Crippen LogP contribution in [0.25, 0.3) is 0 Å². The summed E-state index contributed by atoms with van der Waals surface area (Å²) >= 11 is 1.85. The van der Waals surface area contributed by atoms with Gasteiger partial charge in [0.05, 0.1) is 18.3 Å². The van der Waals surface area contributed by atoms with Gasteiger partial charge in [-0.25, -0.2) is 4.98 Å². The minimum absolute atomic E-state index is 0.0888. The van der Waals surface area contributed by atoms with Gasteiger partial charge in [0.1, 0.15) is 5.01 Å². The Kier molecular flexibility index (Phi) is 3.45. The van der Waals surface area contributed by atoms with E-state index in [1.807, 2.05) is 11.3 Å². The van der Waals surface area contributed by atoms with E-state index in [9.17, 15) is 0 Å². The van der Waals surface area contributed by atoms with Crippen LogP contribution in [-0.2, 0) is 17.6 Å². The third-order valence-electron chi connectivity index (χ3n) is 3.85. The minimum atomic E-state index is 0.0888. The molecule has 1 fully saturated rings. The molecule has 3 rings (SSSR count). The number of nitrogens with two attached hydrogens (primary N) is 1. The molecule has 2 heterocycles. The molecule has 2 aliphatic rings. The number of aromatic nitrogens is 1. The molecule has 94 valence electrons. The van der Waals surface area contributed by atoms with Crippen molar-refractivity contribution in [2.45, 2.75) is 44.6 Å². The molecule has 4 heteroatoms. The summed E-state index contributed by atoms with van der Waals surface area (Å²) in [6.45, 7) is 1.71. The van der Waals surface area contributed by atoms with Crippen LogP contribution in [-0.4, -0.2) is 18.2 Å². The number of nitrogens with zero attached hydrogens (tertiary/aromatic N) is 1. The maximum atomic E-state index is 6.35. The number of ether oxygens (including phenoxy) is 1. The Morgan fingerprint density at radius 3 is 2.94 bits per heavy atom. The molecule has 1 aromatic heterocycles. The second-order valence-corrected chi connectivity index (χ2v) is 6.25. The highest BCUT2D eigenvalue weighted by Gasteiger charge is 2.26. The molecular weight excluding hydrogens is 232 g/mol. The monoisotopic (exact) mass is 252 g/mol. The fraction of sp³-hybridized carbons (Fsp3) is 0.769. The van der Waals surface area contributed by atoms with E-state index < -0.39 is 0 Å². The molecule has 0 aromatic carbocycles. The zero-order valence-corrected chi connectivity index (χ0v) is 11.0. The highest BCUT2D eigenvalue weighted by atomic mass is 32.1. The van der Waals surface area contributed by atoms with E-state index >= 15 is 0 Å². The van der Waals surface area contributed by atoms with Crippen LogP contribution in [0.2, 0.25) is 0 Å². The average Bonchev–Trinajstić information content (AvgIpc) is 2.82. The zero-order chi connectivity index (χ0) is 11.7. The van der Waals surface area contributed by atoms with Crippen molar-refractivity contribution in [3.05, 3.63) is 15.6 Å². The van der Waals surface area contributed by atoms with E-state index in [1.54, 1.807) is 0 Å². The normalized spacial score (nSPS) is 26.5. The smallest absolute Gasteiger partial charge is 0.110 e. The number of aryl methyl sites for hydroxylation is 2. The summed E-state index contributed by atoms with van der Waals surface area (Å²) in [6.07, 6.45) is 7.30. The van der Waals surface area contributed by atoms with Crippen LogP contribution in [0, 0.1) is 5.92 Å². The van der Waals surface area contributed by atoms with Gasteiger partial charge in [0, 0.05) is 17.4 Å². The molecule has 17 heavy (non-hydrogen) atoms. The maximum Gasteiger partial charge on any atom is 0.110 e. The van der Waals surface area contributed by atoms with Crippen molar-refractivity contribution in [2.24, 2.45) is 11.7 Å². The minimum Gasteiger partial charge on any atom is -0.381 e. The summed E-state index contributed by atoms with van der Waals surface area (Å²) < 4.78 is 5.52. The Balaban J connectivity index is 1.76. The molecule has 0 bridgehead atoms. The second-order valence-electron chi connectivity index (χ2n) is 5.13. The molecule has 1 aromatic rings. The fourth-order valence-electron chi connectivity index (χ4n) is 2.77. The molecule has 1 aliphatic heterocycles. The summed E-state index contributed by atoms with van der Waals surface area (Å²) in [5.74, 6) is 0.469. The molecule has 0 radical (unpaired) electrons. The van der Waals surface area contributed by atoms with Gasteiger partial charge in [-0.05, 0) is 38.5 Å². The van der Waals surface area contributed by atoms with Crippen molar-refractivity contribution in [1.29, 1.82) is 0 Å². The summed E-state index contributed by atoms with van der Waals surface area (Å²) in [5, 5.41) is 1.15. The van der Waals surface area contributed by atoms with Crippen LogP contribution in [0.1, 0.15) is 47.3 Å². The zero-order valence-electron chi connectivity index (χ0n) is 10.2. The van der Waals surface area contributed by atoms with Gasteiger partial charge >= 0.3 is 0 Å². The molecule has 1 saturated heterocycles. The van der Waals surface area contributed by atoms with Crippen molar-refractivity contribution in [3.8, 4) is 0 Å². The maximum absolute atomic E-state index is 6.35. The first kappa shape index (κ1) is 11.6. The lowest BCUT2D eigenvalue weighted by molar-refractivity contribution is 0.0447. The predicted molar refractivity (Wildman–Crippen MR) is 69.2 cm³/mol. The number of thiazole rings is 1. The average molecular weight is 252 g/mol. The van der Waals surface area contributed by atoms with Gasteiger partial charge in [-0.15, -0.1) is 11.3 Å². The first-order chi connectivity index (χ1) is 8.34. The topological polar surface area (TPSA) is 48.1 Å². The summed E-state index contributed by atoms with van der Waals surface area (Å²) in [7, 11) is 0. The molecule has 2 atom stereocenters. The molecule has 0 spiro atoms. The third kappa shape index (κ3) is 2.39. The van der Waals surface area contributed by atoms with Gasteiger partial charge in [-0.1, -0.05) is 0 Å². The van der Waals surface area contributed by atoms with Crippen LogP contribution in [0.5, 0.6) is 0 Å². The summed E-state index contributed by atoms with van der Waals surface area (Å²) in [5.41, 5.74) is 7.67. The Morgan fingerprint density at radius 2 is 2.18 bits per heavy atom. The largest absolute Gasteiger partial charge is 0.381 e. The van der Waals surface area contributed by atoms with Crippen LogP contribution < -0.4 is 5.73 Å². The van der Waals surface area contributed by atoms with Crippen molar-refractivity contribution in [3.63, 3.8) is 0 Å². The van der Waals surface area contributed by atoms with E-state index in [2.05, 4.69) is 0 Å². The summed E-state index contributed by atoms with van der Waals surface area (Å²) in [6, 6.07) is 0.0888. The Bertz CT molecular complexity index is 361. The first-order valence-electron chi connectivity index (χ1n) is 6.66. The number of fused-ring (bicyclic) bond motifs is 1. The fourth-order valence-corrected chi connectivity index (χ4v) is 4.01. The van der Waals surface area contributed by atoms with Gasteiger partial charge in [-0.3, -0.25) is 0 Å². The van der Waals surface area contributed by atoms with Crippen LogP contribution in [0.4, 0.5) is 0 Å². The predicted octanol–water partition coefficient (Wildman–Crippen LogP) is 2.45. The highest BCUT2D eigenvalue weighted by Crippen LogP contribution is 2.33. The Morgan fingerprint density at radius 1 is 1.29 bits per heavy atom. The van der Waals surface area contributed by atoms with Crippen LogP contribution in [0.3, 0.4) is 0 Å². The van der Waals surface area contributed by atoms with E-state index in [-0.39, 0.29) is 6.04 Å². The highest BCUT2D eigenvalue weighted by molar-refractivity contribution is 7.11. The Labute approximate surface area is 106 Å². The number of hydrogen-bond acceptors (Lipinski definition) is 4. The molecule has 2 N–H and O–H groups in total.